The van der Waals surface area contributed by atoms with Crippen LogP contribution in [0.2, 0.25) is 0 Å². The average Bonchev–Trinajstić information content (AvgIpc) is 2.89. The van der Waals surface area contributed by atoms with Gasteiger partial charge in [0.25, 0.3) is 5.22 Å². The highest BCUT2D eigenvalue weighted by Gasteiger charge is 2.19. The molecule has 2 aromatic carbocycles. The first-order chi connectivity index (χ1) is 9.74. The monoisotopic (exact) mass is 283 g/mol. The van der Waals surface area contributed by atoms with Crippen LogP contribution in [0.1, 0.15) is 17.3 Å². The van der Waals surface area contributed by atoms with Crippen molar-refractivity contribution in [3.8, 4) is 0 Å². The van der Waals surface area contributed by atoms with Gasteiger partial charge in [0.2, 0.25) is 0 Å². The second-order valence-corrected chi connectivity index (χ2v) is 5.73. The molecule has 0 amide bonds. The maximum absolute atomic E-state index is 12.3. The van der Waals surface area contributed by atoms with Crippen LogP contribution in [0.15, 0.2) is 64.2 Å². The van der Waals surface area contributed by atoms with Crippen molar-refractivity contribution in [3.05, 3.63) is 60.2 Å². The molecule has 3 nitrogen and oxygen atoms in total. The number of hydrogen-bond acceptors (Lipinski definition) is 4. The van der Waals surface area contributed by atoms with E-state index in [-0.39, 0.29) is 11.0 Å². The van der Waals surface area contributed by atoms with Crippen LogP contribution in [-0.2, 0) is 0 Å². The largest absolute Gasteiger partial charge is 0.431 e. The minimum absolute atomic E-state index is 0.0813. The third kappa shape index (κ3) is 2.60. The lowest BCUT2D eigenvalue weighted by Crippen LogP contribution is -2.13. The standard InChI is InChI=1S/C16H13NO2S/c1-11(15(18)12-7-3-2-4-8-12)20-16-17-13-9-5-6-10-14(13)19-16/h2-11H,1H3. The summed E-state index contributed by atoms with van der Waals surface area (Å²) in [6.07, 6.45) is 0. The lowest BCUT2D eigenvalue weighted by atomic mass is 10.1. The number of ketones is 1. The zero-order valence-electron chi connectivity index (χ0n) is 10.9. The molecule has 0 aliphatic carbocycles. The van der Waals surface area contributed by atoms with E-state index in [1.807, 2.05) is 61.5 Å². The summed E-state index contributed by atoms with van der Waals surface area (Å²) in [5.41, 5.74) is 2.27. The number of fused-ring (bicyclic) bond motifs is 1. The Hall–Kier alpha value is -2.07. The number of para-hydroxylation sites is 2. The quantitative estimate of drug-likeness (QED) is 0.532. The number of oxazole rings is 1. The maximum Gasteiger partial charge on any atom is 0.257 e. The molecule has 1 atom stereocenters. The van der Waals surface area contributed by atoms with Gasteiger partial charge in [-0.3, -0.25) is 4.79 Å². The number of rotatable bonds is 4. The highest BCUT2D eigenvalue weighted by atomic mass is 32.2. The summed E-state index contributed by atoms with van der Waals surface area (Å²) in [6, 6.07) is 16.9. The minimum Gasteiger partial charge on any atom is -0.431 e. The molecule has 1 unspecified atom stereocenters. The molecule has 0 saturated carbocycles. The number of thioether (sulfide) groups is 1. The molecule has 3 aromatic rings. The second kappa shape index (κ2) is 5.51. The molecule has 0 saturated heterocycles. The van der Waals surface area contributed by atoms with Crippen LogP contribution in [0.3, 0.4) is 0 Å². The Balaban J connectivity index is 1.78. The Bertz CT molecular complexity index is 703. The molecule has 0 aliphatic heterocycles. The fourth-order valence-electron chi connectivity index (χ4n) is 1.94. The van der Waals surface area contributed by atoms with Crippen molar-refractivity contribution in [2.45, 2.75) is 17.4 Å². The van der Waals surface area contributed by atoms with E-state index in [0.29, 0.717) is 10.8 Å². The third-order valence-corrected chi connectivity index (χ3v) is 3.92. The molecule has 0 fully saturated rings. The zero-order valence-corrected chi connectivity index (χ0v) is 11.8. The SMILES string of the molecule is CC(Sc1nc2ccccc2o1)C(=O)c1ccccc1. The molecule has 0 spiro atoms. The molecule has 0 radical (unpaired) electrons. The molecule has 100 valence electrons. The van der Waals surface area contributed by atoms with Gasteiger partial charge in [-0.15, -0.1) is 0 Å². The Morgan fingerprint density at radius 2 is 1.80 bits per heavy atom. The fourth-order valence-corrected chi connectivity index (χ4v) is 2.78. The van der Waals surface area contributed by atoms with Crippen molar-refractivity contribution in [2.75, 3.05) is 0 Å². The van der Waals surface area contributed by atoms with Crippen molar-refractivity contribution in [1.82, 2.24) is 4.98 Å². The molecular formula is C16H13NO2S. The Labute approximate surface area is 121 Å². The van der Waals surface area contributed by atoms with Gasteiger partial charge in [-0.05, 0) is 19.1 Å². The number of benzene rings is 2. The third-order valence-electron chi connectivity index (χ3n) is 2.98. The van der Waals surface area contributed by atoms with E-state index < -0.39 is 0 Å². The molecule has 3 rings (SSSR count). The molecule has 0 bridgehead atoms. The first-order valence-corrected chi connectivity index (χ1v) is 7.23. The predicted molar refractivity (Wildman–Crippen MR) is 80.1 cm³/mol. The molecule has 20 heavy (non-hydrogen) atoms. The van der Waals surface area contributed by atoms with Gasteiger partial charge in [0.05, 0.1) is 5.25 Å². The summed E-state index contributed by atoms with van der Waals surface area (Å²) in [5.74, 6) is 0.0813. The molecule has 1 heterocycles. The normalized spacial score (nSPS) is 12.4. The molecule has 0 N–H and O–H groups in total. The van der Waals surface area contributed by atoms with Gasteiger partial charge in [0.15, 0.2) is 11.4 Å². The van der Waals surface area contributed by atoms with Crippen molar-refractivity contribution in [2.24, 2.45) is 0 Å². The number of nitrogens with zero attached hydrogens (tertiary/aromatic N) is 1. The number of carbonyl (C=O) groups excluding carboxylic acids is 1. The van der Waals surface area contributed by atoms with Crippen LogP contribution in [-0.4, -0.2) is 16.0 Å². The molecule has 0 aliphatic rings. The topological polar surface area (TPSA) is 43.1 Å². The van der Waals surface area contributed by atoms with Gasteiger partial charge >= 0.3 is 0 Å². The Morgan fingerprint density at radius 3 is 2.55 bits per heavy atom. The van der Waals surface area contributed by atoms with E-state index in [4.69, 9.17) is 4.42 Å². The maximum atomic E-state index is 12.3. The summed E-state index contributed by atoms with van der Waals surface area (Å²) in [6.45, 7) is 1.87. The van der Waals surface area contributed by atoms with E-state index in [0.717, 1.165) is 11.1 Å². The van der Waals surface area contributed by atoms with Gasteiger partial charge in [-0.25, -0.2) is 4.98 Å². The smallest absolute Gasteiger partial charge is 0.257 e. The lowest BCUT2D eigenvalue weighted by Gasteiger charge is -2.07. The number of carbonyl (C=O) groups is 1. The van der Waals surface area contributed by atoms with Crippen molar-refractivity contribution < 1.29 is 9.21 Å². The van der Waals surface area contributed by atoms with Crippen molar-refractivity contribution in [1.29, 1.82) is 0 Å². The summed E-state index contributed by atoms with van der Waals surface area (Å²) in [4.78, 5) is 16.6. The Morgan fingerprint density at radius 1 is 1.10 bits per heavy atom. The van der Waals surface area contributed by atoms with Crippen molar-refractivity contribution in [3.63, 3.8) is 0 Å². The molecule has 4 heteroatoms. The lowest BCUT2D eigenvalue weighted by molar-refractivity contribution is 0.0993. The fraction of sp³-hybridized carbons (Fsp3) is 0.125. The van der Waals surface area contributed by atoms with Gasteiger partial charge in [0.1, 0.15) is 5.52 Å². The van der Waals surface area contributed by atoms with Gasteiger partial charge in [-0.2, -0.15) is 0 Å². The number of Topliss-reactive ketones (excluding diaryl/α,β-unsaturated/α-hetero) is 1. The van der Waals surface area contributed by atoms with E-state index in [1.165, 1.54) is 11.8 Å². The minimum atomic E-state index is -0.231. The number of aromatic nitrogens is 1. The van der Waals surface area contributed by atoms with Crippen LogP contribution in [0.25, 0.3) is 11.1 Å². The number of hydrogen-bond donors (Lipinski definition) is 0. The summed E-state index contributed by atoms with van der Waals surface area (Å²) in [7, 11) is 0. The Kier molecular flexibility index (Phi) is 3.56. The van der Waals surface area contributed by atoms with Crippen molar-refractivity contribution >= 4 is 28.6 Å². The highest BCUT2D eigenvalue weighted by molar-refractivity contribution is 8.00. The van der Waals surface area contributed by atoms with Crippen LogP contribution in [0, 0.1) is 0 Å². The van der Waals surface area contributed by atoms with Crippen LogP contribution >= 0.6 is 11.8 Å². The van der Waals surface area contributed by atoms with Crippen LogP contribution in [0.4, 0.5) is 0 Å². The molecule has 1 aromatic heterocycles. The molecular weight excluding hydrogens is 270 g/mol. The van der Waals surface area contributed by atoms with E-state index >= 15 is 0 Å². The average molecular weight is 283 g/mol. The zero-order chi connectivity index (χ0) is 13.9. The first kappa shape index (κ1) is 12.9. The van der Waals surface area contributed by atoms with Gasteiger partial charge in [0, 0.05) is 5.56 Å². The van der Waals surface area contributed by atoms with E-state index in [2.05, 4.69) is 4.98 Å². The van der Waals surface area contributed by atoms with E-state index in [1.54, 1.807) is 0 Å². The highest BCUT2D eigenvalue weighted by Crippen LogP contribution is 2.28. The second-order valence-electron chi connectivity index (χ2n) is 4.44. The van der Waals surface area contributed by atoms with E-state index in [9.17, 15) is 4.79 Å². The van der Waals surface area contributed by atoms with Crippen LogP contribution < -0.4 is 0 Å². The van der Waals surface area contributed by atoms with Gasteiger partial charge in [-0.1, -0.05) is 54.2 Å². The van der Waals surface area contributed by atoms with Gasteiger partial charge < -0.3 is 4.42 Å². The van der Waals surface area contributed by atoms with Crippen LogP contribution in [0.5, 0.6) is 0 Å². The summed E-state index contributed by atoms with van der Waals surface area (Å²) >= 11 is 1.34. The first-order valence-electron chi connectivity index (χ1n) is 6.35. The predicted octanol–water partition coefficient (Wildman–Crippen LogP) is 4.19. The summed E-state index contributed by atoms with van der Waals surface area (Å²) in [5, 5.41) is 0.299. The summed E-state index contributed by atoms with van der Waals surface area (Å²) < 4.78 is 5.62.